The minimum atomic E-state index is -4.05. The molecule has 0 spiro atoms. The summed E-state index contributed by atoms with van der Waals surface area (Å²) in [7, 11) is -8.07. The molecule has 0 saturated carbocycles. The van der Waals surface area contributed by atoms with Gasteiger partial charge in [0.1, 0.15) is 5.01 Å². The third-order valence-electron chi connectivity index (χ3n) is 7.16. The molecule has 2 aromatic heterocycles. The summed E-state index contributed by atoms with van der Waals surface area (Å²) in [5.74, 6) is -0.913. The Bertz CT molecular complexity index is 2120. The fourth-order valence-corrected chi connectivity index (χ4v) is 8.69. The van der Waals surface area contributed by atoms with Crippen LogP contribution >= 0.6 is 22.9 Å². The van der Waals surface area contributed by atoms with E-state index in [1.165, 1.54) is 0 Å². The largest absolute Gasteiger partial charge is 0.422 e. The summed E-state index contributed by atoms with van der Waals surface area (Å²) in [6.45, 7) is 1.55. The molecule has 1 fully saturated rings. The van der Waals surface area contributed by atoms with Gasteiger partial charge in [-0.05, 0) is 41.0 Å². The minimum absolute atomic E-state index is 0.158. The number of nitrogens with two attached hydrogens (primary N) is 1. The van der Waals surface area contributed by atoms with E-state index in [1.54, 1.807) is 53.4 Å². The molecule has 3 N–H and O–H groups in total. The van der Waals surface area contributed by atoms with Gasteiger partial charge in [0.15, 0.2) is 15.1 Å². The maximum Gasteiger partial charge on any atom is 0.274 e. The van der Waals surface area contributed by atoms with Crippen molar-refractivity contribution in [1.29, 1.82) is 0 Å². The number of halogens is 1. The number of rotatable bonds is 10. The van der Waals surface area contributed by atoms with Gasteiger partial charge in [0, 0.05) is 13.1 Å². The molecule has 3 heterocycles. The van der Waals surface area contributed by atoms with Crippen LogP contribution in [-0.2, 0) is 37.1 Å². The van der Waals surface area contributed by atoms with Crippen molar-refractivity contribution < 1.29 is 30.8 Å². The number of sulfone groups is 1. The molecule has 5 aromatic rings. The summed E-state index contributed by atoms with van der Waals surface area (Å²) < 4.78 is 64.1. The molecule has 3 aromatic carbocycles. The van der Waals surface area contributed by atoms with Crippen molar-refractivity contribution in [2.24, 2.45) is 5.14 Å². The number of hydrogen-bond donors (Lipinski definition) is 2. The molecule has 1 amide bonds. The Morgan fingerprint density at radius 1 is 1.00 bits per heavy atom. The Morgan fingerprint density at radius 2 is 1.72 bits per heavy atom. The number of carbonyl (C=O) groups excluding carboxylic acids is 1. The van der Waals surface area contributed by atoms with Crippen molar-refractivity contribution in [2.75, 3.05) is 26.3 Å². The van der Waals surface area contributed by atoms with Crippen molar-refractivity contribution in [3.05, 3.63) is 99.7 Å². The van der Waals surface area contributed by atoms with Gasteiger partial charge in [-0.2, -0.15) is 13.1 Å². The first-order chi connectivity index (χ1) is 22.0. The second kappa shape index (κ2) is 13.2. The van der Waals surface area contributed by atoms with E-state index in [4.69, 9.17) is 25.9 Å². The second-order valence-corrected chi connectivity index (χ2v) is 15.3. The first kappa shape index (κ1) is 32.2. The van der Waals surface area contributed by atoms with Gasteiger partial charge in [0.25, 0.3) is 16.1 Å². The van der Waals surface area contributed by atoms with E-state index in [-0.39, 0.29) is 28.4 Å². The van der Waals surface area contributed by atoms with Crippen molar-refractivity contribution in [3.63, 3.8) is 0 Å². The molecule has 46 heavy (non-hydrogen) atoms. The van der Waals surface area contributed by atoms with Gasteiger partial charge in [0.2, 0.25) is 11.8 Å². The number of benzene rings is 3. The molecule has 17 heteroatoms. The van der Waals surface area contributed by atoms with Gasteiger partial charge in [-0.15, -0.1) is 21.5 Å². The van der Waals surface area contributed by atoms with E-state index >= 15 is 0 Å². The van der Waals surface area contributed by atoms with Crippen LogP contribution in [0.2, 0.25) is 5.02 Å². The van der Waals surface area contributed by atoms with Crippen LogP contribution in [0.5, 0.6) is 0 Å². The number of thiazole rings is 1. The highest BCUT2D eigenvalue weighted by molar-refractivity contribution is 7.91. The smallest absolute Gasteiger partial charge is 0.274 e. The molecular weight excluding hydrogens is 676 g/mol. The maximum atomic E-state index is 13.9. The third kappa shape index (κ3) is 7.28. The number of fused-ring (bicyclic) bond motifs is 1. The quantitative estimate of drug-likeness (QED) is 0.218. The van der Waals surface area contributed by atoms with E-state index in [0.717, 1.165) is 22.5 Å². The van der Waals surface area contributed by atoms with Crippen molar-refractivity contribution >= 4 is 59.1 Å². The highest BCUT2D eigenvalue weighted by Gasteiger charge is 2.37. The first-order valence-corrected chi connectivity index (χ1v) is 18.3. The Kier molecular flexibility index (Phi) is 9.20. The number of nitrogens with one attached hydrogen (secondary N) is 1. The molecule has 1 unspecified atom stereocenters. The summed E-state index contributed by atoms with van der Waals surface area (Å²) in [4.78, 5) is 19.3. The molecule has 240 valence electrons. The van der Waals surface area contributed by atoms with E-state index in [9.17, 15) is 21.6 Å². The fourth-order valence-electron chi connectivity index (χ4n) is 4.95. The summed E-state index contributed by atoms with van der Waals surface area (Å²) in [5, 5.41) is 11.8. The van der Waals surface area contributed by atoms with Gasteiger partial charge in [-0.3, -0.25) is 4.79 Å². The number of carbonyl (C=O) groups is 1. The summed E-state index contributed by atoms with van der Waals surface area (Å²) in [6, 6.07) is 19.3. The molecular formula is C29H27ClN6O7S3. The van der Waals surface area contributed by atoms with Crippen LogP contribution < -0.4 is 9.86 Å². The van der Waals surface area contributed by atoms with Gasteiger partial charge in [0.05, 0.1) is 46.3 Å². The molecule has 6 rings (SSSR count). The maximum absolute atomic E-state index is 13.9. The van der Waals surface area contributed by atoms with Crippen LogP contribution in [0.25, 0.3) is 21.3 Å². The van der Waals surface area contributed by atoms with E-state index in [2.05, 4.69) is 15.2 Å². The molecule has 13 nitrogen and oxygen atoms in total. The zero-order valence-corrected chi connectivity index (χ0v) is 27.2. The molecule has 1 aliphatic rings. The monoisotopic (exact) mass is 702 g/mol. The van der Waals surface area contributed by atoms with Crippen LogP contribution in [-0.4, -0.2) is 69.1 Å². The number of nitrogens with zero attached hydrogens (tertiary/aromatic N) is 4. The van der Waals surface area contributed by atoms with Crippen molar-refractivity contribution in [2.45, 2.75) is 17.5 Å². The second-order valence-electron chi connectivity index (χ2n) is 10.4. The highest BCUT2D eigenvalue weighted by Crippen LogP contribution is 2.38. The average molecular weight is 703 g/mol. The van der Waals surface area contributed by atoms with Gasteiger partial charge in [-0.1, -0.05) is 54.1 Å². The standard InChI is InChI=1S/C29H27ClN6O7S3/c30-22-14-19(6-8-21(22)29(37)36-10-12-42-13-11-36)20-7-9-23-24(15-20)44-28(33-23)26(45(38,39)17-18-4-2-1-3-5-18)27-35-34-25(43-27)16-32-46(31,40)41/h1-9,14-15,26,32H,10-13,16-17H2,(H2,31,40,41). The number of amides is 1. The van der Waals surface area contributed by atoms with Crippen LogP contribution in [0.15, 0.2) is 71.1 Å². The van der Waals surface area contributed by atoms with E-state index in [1.807, 2.05) is 22.9 Å². The Hall–Kier alpha value is -3.77. The molecule has 0 radical (unpaired) electrons. The lowest BCUT2D eigenvalue weighted by atomic mass is 10.0. The summed E-state index contributed by atoms with van der Waals surface area (Å²) in [5.41, 5.74) is 3.05. The average Bonchev–Trinajstić information content (AvgIpc) is 3.66. The molecule has 1 aliphatic heterocycles. The Morgan fingerprint density at radius 3 is 2.43 bits per heavy atom. The van der Waals surface area contributed by atoms with Gasteiger partial charge >= 0.3 is 0 Å². The zero-order chi connectivity index (χ0) is 32.5. The van der Waals surface area contributed by atoms with Crippen LogP contribution in [0.4, 0.5) is 0 Å². The lowest BCUT2D eigenvalue weighted by Gasteiger charge is -2.27. The fraction of sp³-hybridized carbons (Fsp3) is 0.241. The summed E-state index contributed by atoms with van der Waals surface area (Å²) >= 11 is 7.72. The SMILES string of the molecule is NS(=O)(=O)NCc1nnc(C(c2nc3ccc(-c4ccc(C(=O)N5CCOCC5)c(Cl)c4)cc3s2)S(=O)(=O)Cc2ccccc2)o1. The van der Waals surface area contributed by atoms with Crippen molar-refractivity contribution in [3.8, 4) is 11.1 Å². The number of hydrogen-bond acceptors (Lipinski definition) is 11. The topological polar surface area (TPSA) is 188 Å². The third-order valence-corrected chi connectivity index (χ3v) is 11.1. The van der Waals surface area contributed by atoms with Gasteiger partial charge in [-0.25, -0.2) is 18.5 Å². The number of aromatic nitrogens is 3. The molecule has 0 aliphatic carbocycles. The zero-order valence-electron chi connectivity index (χ0n) is 24.0. The Balaban J connectivity index is 1.33. The predicted molar refractivity (Wildman–Crippen MR) is 172 cm³/mol. The van der Waals surface area contributed by atoms with E-state index in [0.29, 0.717) is 52.7 Å². The molecule has 0 bridgehead atoms. The number of morpholine rings is 1. The minimum Gasteiger partial charge on any atom is -0.422 e. The van der Waals surface area contributed by atoms with Crippen molar-refractivity contribution in [1.82, 2.24) is 24.8 Å². The normalized spacial score (nSPS) is 14.9. The van der Waals surface area contributed by atoms with Crippen LogP contribution in [0, 0.1) is 0 Å². The highest BCUT2D eigenvalue weighted by atomic mass is 35.5. The first-order valence-electron chi connectivity index (χ1n) is 13.9. The molecule has 1 atom stereocenters. The Labute approximate surface area is 273 Å². The lowest BCUT2D eigenvalue weighted by Crippen LogP contribution is -2.40. The number of ether oxygens (including phenoxy) is 1. The predicted octanol–water partition coefficient (Wildman–Crippen LogP) is 3.47. The lowest BCUT2D eigenvalue weighted by molar-refractivity contribution is 0.0303. The van der Waals surface area contributed by atoms with E-state index < -0.39 is 31.8 Å². The van der Waals surface area contributed by atoms with Gasteiger partial charge < -0.3 is 14.1 Å². The summed E-state index contributed by atoms with van der Waals surface area (Å²) in [6.07, 6.45) is 0. The molecule has 1 saturated heterocycles. The van der Waals surface area contributed by atoms with Crippen LogP contribution in [0.1, 0.15) is 38.0 Å². The van der Waals surface area contributed by atoms with Crippen LogP contribution in [0.3, 0.4) is 0 Å².